The molecule has 0 bridgehead atoms. The summed E-state index contributed by atoms with van der Waals surface area (Å²) in [6.45, 7) is 4.46. The lowest BCUT2D eigenvalue weighted by Crippen LogP contribution is -2.41. The number of hydrogen-bond donors (Lipinski definition) is 0. The fourth-order valence-corrected chi connectivity index (χ4v) is 5.85. The number of hydrogen-bond acceptors (Lipinski definition) is 9. The van der Waals surface area contributed by atoms with Crippen LogP contribution in [0, 0.1) is 16.0 Å². The van der Waals surface area contributed by atoms with E-state index in [1.807, 2.05) is 0 Å². The van der Waals surface area contributed by atoms with Gasteiger partial charge >= 0.3 is 5.97 Å². The minimum Gasteiger partial charge on any atom is -0.465 e. The number of benzene rings is 1. The molecule has 1 aromatic heterocycles. The van der Waals surface area contributed by atoms with Crippen LogP contribution in [-0.4, -0.2) is 71.8 Å². The Labute approximate surface area is 205 Å². The lowest BCUT2D eigenvalue weighted by atomic mass is 9.99. The number of amides is 2. The van der Waals surface area contributed by atoms with Crippen molar-refractivity contribution >= 4 is 54.9 Å². The third-order valence-electron chi connectivity index (χ3n) is 5.51. The fraction of sp³-hybridized carbons (Fsp3) is 0.524. The van der Waals surface area contributed by atoms with E-state index in [1.165, 1.54) is 27.7 Å². The first-order valence-corrected chi connectivity index (χ1v) is 13.6. The number of carbonyl (C=O) groups excluding carboxylic acids is 3. The minimum absolute atomic E-state index is 0.00917. The highest BCUT2D eigenvalue weighted by Crippen LogP contribution is 2.23. The first-order valence-electron chi connectivity index (χ1n) is 11.0. The van der Waals surface area contributed by atoms with Crippen molar-refractivity contribution in [1.29, 1.82) is 0 Å². The number of sulfone groups is 1. The van der Waals surface area contributed by atoms with Gasteiger partial charge in [-0.2, -0.15) is 4.99 Å². The smallest absolute Gasteiger partial charge is 0.326 e. The summed E-state index contributed by atoms with van der Waals surface area (Å²) >= 11 is 0.900. The van der Waals surface area contributed by atoms with Crippen molar-refractivity contribution in [2.24, 2.45) is 10.9 Å². The SMILES string of the molecule is CCOC(=O)Cn1c(=NC(=O)CS(=O)(=O)CC(=O)N2CCC(C)CC2)sc2cc([N+](=O)[O-])ccc21. The number of likely N-dealkylation sites (tertiary alicyclic amines) is 1. The van der Waals surface area contributed by atoms with E-state index < -0.39 is 44.0 Å². The maximum atomic E-state index is 12.5. The first-order chi connectivity index (χ1) is 16.5. The van der Waals surface area contributed by atoms with Crippen LogP contribution in [0.15, 0.2) is 23.2 Å². The number of nitrogens with zero attached hydrogens (tertiary/aromatic N) is 4. The summed E-state index contributed by atoms with van der Waals surface area (Å²) in [4.78, 5) is 52.9. The number of nitro groups is 1. The van der Waals surface area contributed by atoms with Gasteiger partial charge < -0.3 is 14.2 Å². The molecule has 1 aliphatic rings. The van der Waals surface area contributed by atoms with Crippen LogP contribution in [0.4, 0.5) is 5.69 Å². The second kappa shape index (κ2) is 11.1. The summed E-state index contributed by atoms with van der Waals surface area (Å²) < 4.78 is 31.7. The Bertz CT molecular complexity index is 1320. The van der Waals surface area contributed by atoms with E-state index in [0.29, 0.717) is 29.2 Å². The molecule has 1 aromatic carbocycles. The monoisotopic (exact) mass is 526 g/mol. The van der Waals surface area contributed by atoms with Gasteiger partial charge in [0.2, 0.25) is 5.91 Å². The maximum Gasteiger partial charge on any atom is 0.326 e. The molecule has 1 fully saturated rings. The zero-order chi connectivity index (χ0) is 25.8. The molecule has 2 aromatic rings. The van der Waals surface area contributed by atoms with Crippen molar-refractivity contribution < 1.29 is 32.5 Å². The summed E-state index contributed by atoms with van der Waals surface area (Å²) in [5.41, 5.74) is 0.214. The molecule has 3 rings (SSSR count). The number of nitro benzene ring substituents is 1. The highest BCUT2D eigenvalue weighted by Gasteiger charge is 2.27. The van der Waals surface area contributed by atoms with Gasteiger partial charge in [0.1, 0.15) is 18.1 Å². The van der Waals surface area contributed by atoms with Gasteiger partial charge in [0.05, 0.1) is 21.7 Å². The van der Waals surface area contributed by atoms with Gasteiger partial charge in [0.25, 0.3) is 11.6 Å². The highest BCUT2D eigenvalue weighted by molar-refractivity contribution is 7.92. The summed E-state index contributed by atoms with van der Waals surface area (Å²) in [6, 6.07) is 3.95. The predicted octanol–water partition coefficient (Wildman–Crippen LogP) is 1.27. The van der Waals surface area contributed by atoms with Gasteiger partial charge in [-0.1, -0.05) is 18.3 Å². The molecule has 14 heteroatoms. The van der Waals surface area contributed by atoms with Crippen molar-refractivity contribution in [3.05, 3.63) is 33.1 Å². The van der Waals surface area contributed by atoms with Crippen LogP contribution in [0.1, 0.15) is 26.7 Å². The first kappa shape index (κ1) is 26.5. The van der Waals surface area contributed by atoms with Crippen LogP contribution < -0.4 is 4.80 Å². The standard InChI is InChI=1S/C21H26N4O8S2/c1-3-33-20(28)11-24-16-5-4-15(25(29)30)10-17(16)34-21(24)22-18(26)12-35(31,32)13-19(27)23-8-6-14(2)7-9-23/h4-5,10,14H,3,6-9,11-13H2,1-2H3. The topological polar surface area (TPSA) is 158 Å². The van der Waals surface area contributed by atoms with E-state index in [0.717, 1.165) is 24.2 Å². The molecular weight excluding hydrogens is 500 g/mol. The normalized spacial score (nSPS) is 15.4. The van der Waals surface area contributed by atoms with Gasteiger partial charge in [0, 0.05) is 25.2 Å². The van der Waals surface area contributed by atoms with Crippen LogP contribution in [0.3, 0.4) is 0 Å². The summed E-state index contributed by atoms with van der Waals surface area (Å²) in [7, 11) is -4.08. The zero-order valence-corrected chi connectivity index (χ0v) is 21.0. The Balaban J connectivity index is 1.85. The van der Waals surface area contributed by atoms with Crippen LogP contribution >= 0.6 is 11.3 Å². The molecule has 0 aliphatic carbocycles. The van der Waals surface area contributed by atoms with E-state index in [4.69, 9.17) is 4.74 Å². The summed E-state index contributed by atoms with van der Waals surface area (Å²) in [5, 5.41) is 11.1. The van der Waals surface area contributed by atoms with Gasteiger partial charge in [-0.05, 0) is 31.7 Å². The molecule has 2 amide bonds. The number of piperidine rings is 1. The summed E-state index contributed by atoms with van der Waals surface area (Å²) in [5.74, 6) is -3.46. The molecule has 35 heavy (non-hydrogen) atoms. The molecule has 0 radical (unpaired) electrons. The number of esters is 1. The Morgan fingerprint density at radius 1 is 1.23 bits per heavy atom. The molecule has 0 spiro atoms. The predicted molar refractivity (Wildman–Crippen MR) is 127 cm³/mol. The number of aromatic nitrogens is 1. The molecule has 0 atom stereocenters. The van der Waals surface area contributed by atoms with Crippen molar-refractivity contribution in [1.82, 2.24) is 9.47 Å². The van der Waals surface area contributed by atoms with Crippen molar-refractivity contribution in [3.63, 3.8) is 0 Å². The van der Waals surface area contributed by atoms with Crippen LogP contribution in [0.5, 0.6) is 0 Å². The van der Waals surface area contributed by atoms with Crippen LogP contribution in [0.2, 0.25) is 0 Å². The molecule has 0 saturated carbocycles. The lowest BCUT2D eigenvalue weighted by Gasteiger charge is -2.30. The Kier molecular flexibility index (Phi) is 8.38. The van der Waals surface area contributed by atoms with Crippen molar-refractivity contribution in [2.75, 3.05) is 31.2 Å². The Morgan fingerprint density at radius 3 is 2.54 bits per heavy atom. The van der Waals surface area contributed by atoms with Gasteiger partial charge in [-0.3, -0.25) is 24.5 Å². The quantitative estimate of drug-likeness (QED) is 0.283. The number of fused-ring (bicyclic) bond motifs is 1. The third-order valence-corrected chi connectivity index (χ3v) is 7.93. The second-order valence-corrected chi connectivity index (χ2v) is 11.4. The second-order valence-electron chi connectivity index (χ2n) is 8.29. The number of ether oxygens (including phenoxy) is 1. The number of non-ortho nitro benzene ring substituents is 1. The molecule has 1 aliphatic heterocycles. The van der Waals surface area contributed by atoms with Gasteiger partial charge in [-0.25, -0.2) is 8.42 Å². The van der Waals surface area contributed by atoms with Crippen LogP contribution in [-0.2, 0) is 35.5 Å². The van der Waals surface area contributed by atoms with E-state index in [2.05, 4.69) is 11.9 Å². The van der Waals surface area contributed by atoms with E-state index >= 15 is 0 Å². The number of thiazole rings is 1. The molecule has 0 unspecified atom stereocenters. The lowest BCUT2D eigenvalue weighted by molar-refractivity contribution is -0.384. The largest absolute Gasteiger partial charge is 0.465 e. The molecule has 12 nitrogen and oxygen atoms in total. The van der Waals surface area contributed by atoms with Gasteiger partial charge in [0.15, 0.2) is 14.6 Å². The molecule has 190 valence electrons. The van der Waals surface area contributed by atoms with Crippen molar-refractivity contribution in [2.45, 2.75) is 33.2 Å². The fourth-order valence-electron chi connectivity index (χ4n) is 3.66. The Hall–Kier alpha value is -3.13. The average Bonchev–Trinajstić information content (AvgIpc) is 3.09. The minimum atomic E-state index is -4.08. The molecule has 0 N–H and O–H groups in total. The van der Waals surface area contributed by atoms with E-state index in [9.17, 15) is 32.9 Å². The van der Waals surface area contributed by atoms with Gasteiger partial charge in [-0.15, -0.1) is 0 Å². The number of rotatable bonds is 8. The van der Waals surface area contributed by atoms with Crippen molar-refractivity contribution in [3.8, 4) is 0 Å². The van der Waals surface area contributed by atoms with E-state index in [-0.39, 0.29) is 23.6 Å². The number of carbonyl (C=O) groups is 3. The average molecular weight is 527 g/mol. The highest BCUT2D eigenvalue weighted by atomic mass is 32.2. The summed E-state index contributed by atoms with van der Waals surface area (Å²) in [6.07, 6.45) is 1.59. The molecule has 1 saturated heterocycles. The van der Waals surface area contributed by atoms with Crippen LogP contribution in [0.25, 0.3) is 10.2 Å². The zero-order valence-electron chi connectivity index (χ0n) is 19.3. The Morgan fingerprint density at radius 2 is 1.91 bits per heavy atom. The molecule has 2 heterocycles. The van der Waals surface area contributed by atoms with E-state index in [1.54, 1.807) is 6.92 Å². The third kappa shape index (κ3) is 6.94. The molecular formula is C21H26N4O8S2. The maximum absolute atomic E-state index is 12.5.